The molecule has 1 aliphatic heterocycles. The fourth-order valence-corrected chi connectivity index (χ4v) is 4.62. The summed E-state index contributed by atoms with van der Waals surface area (Å²) in [5.41, 5.74) is 1.40. The van der Waals surface area contributed by atoms with E-state index in [9.17, 15) is 23.3 Å². The molecule has 0 radical (unpaired) electrons. The maximum absolute atomic E-state index is 12.8. The molecule has 10 nitrogen and oxygen atoms in total. The number of carbonyl (C=O) groups is 2. The fraction of sp³-hybridized carbons (Fsp3) is 0.261. The first-order valence-electron chi connectivity index (χ1n) is 10.1. The van der Waals surface area contributed by atoms with E-state index in [4.69, 9.17) is 9.47 Å². The highest BCUT2D eigenvalue weighted by Gasteiger charge is 2.32. The number of sulfonamides is 1. The van der Waals surface area contributed by atoms with Crippen LogP contribution in [0.5, 0.6) is 5.75 Å². The van der Waals surface area contributed by atoms with Gasteiger partial charge in [-0.3, -0.25) is 4.79 Å². The molecule has 0 saturated carbocycles. The van der Waals surface area contributed by atoms with Crippen molar-refractivity contribution in [3.63, 3.8) is 0 Å². The number of ether oxygens (including phenoxy) is 2. The molecule has 0 aromatic heterocycles. The predicted molar refractivity (Wildman–Crippen MR) is 125 cm³/mol. The highest BCUT2D eigenvalue weighted by Crippen LogP contribution is 2.40. The summed E-state index contributed by atoms with van der Waals surface area (Å²) in [6.07, 6.45) is 0. The Hall–Kier alpha value is -3.88. The standard InChI is InChI=1S/C23H24N4O6S/c1-25(2)34(30,31)21-12-15(10-11-20(21)32-5)23(29)33-14-19(28)16(13-24)22-26(3)17-8-6-7-9-18(17)27(22)4/h6-12H,14H2,1-5H3. The lowest BCUT2D eigenvalue weighted by Crippen LogP contribution is -2.28. The number of rotatable bonds is 7. The first-order valence-corrected chi connectivity index (χ1v) is 11.5. The highest BCUT2D eigenvalue weighted by molar-refractivity contribution is 7.89. The summed E-state index contributed by atoms with van der Waals surface area (Å²) in [5, 5.41) is 9.68. The lowest BCUT2D eigenvalue weighted by atomic mass is 10.2. The third-order valence-corrected chi connectivity index (χ3v) is 7.18. The Morgan fingerprint density at radius 2 is 1.65 bits per heavy atom. The van der Waals surface area contributed by atoms with Gasteiger partial charge in [-0.1, -0.05) is 12.1 Å². The highest BCUT2D eigenvalue weighted by atomic mass is 32.2. The van der Waals surface area contributed by atoms with Crippen molar-refractivity contribution in [1.29, 1.82) is 5.26 Å². The number of ketones is 1. The molecule has 0 N–H and O–H groups in total. The van der Waals surface area contributed by atoms with Crippen LogP contribution in [0.3, 0.4) is 0 Å². The topological polar surface area (TPSA) is 120 Å². The molecule has 2 aromatic rings. The smallest absolute Gasteiger partial charge is 0.338 e. The van der Waals surface area contributed by atoms with Gasteiger partial charge in [-0.25, -0.2) is 17.5 Å². The summed E-state index contributed by atoms with van der Waals surface area (Å²) in [6, 6.07) is 13.1. The van der Waals surface area contributed by atoms with Gasteiger partial charge in [0.1, 0.15) is 28.1 Å². The number of para-hydroxylation sites is 2. The molecule has 11 heteroatoms. The maximum atomic E-state index is 12.8. The average molecular weight is 485 g/mol. The Balaban J connectivity index is 1.84. The first kappa shape index (κ1) is 24.8. The number of fused-ring (bicyclic) bond motifs is 1. The van der Waals surface area contributed by atoms with Crippen LogP contribution in [-0.2, 0) is 19.6 Å². The van der Waals surface area contributed by atoms with E-state index in [0.717, 1.165) is 21.7 Å². The van der Waals surface area contributed by atoms with Crippen molar-refractivity contribution in [2.75, 3.05) is 51.7 Å². The van der Waals surface area contributed by atoms with Crippen LogP contribution in [0.2, 0.25) is 0 Å². The molecule has 34 heavy (non-hydrogen) atoms. The second-order valence-electron chi connectivity index (χ2n) is 7.57. The molecule has 178 valence electrons. The molecule has 0 spiro atoms. The maximum Gasteiger partial charge on any atom is 0.338 e. The Morgan fingerprint density at radius 1 is 1.06 bits per heavy atom. The molecule has 0 saturated heterocycles. The SMILES string of the molecule is COc1ccc(C(=O)OCC(=O)C(C#N)=C2N(C)c3ccccc3N2C)cc1S(=O)(=O)N(C)C. The van der Waals surface area contributed by atoms with E-state index in [-0.39, 0.29) is 21.8 Å². The Kier molecular flexibility index (Phi) is 6.95. The normalized spacial score (nSPS) is 12.9. The van der Waals surface area contributed by atoms with Gasteiger partial charge in [-0.15, -0.1) is 0 Å². The summed E-state index contributed by atoms with van der Waals surface area (Å²) in [6.45, 7) is -0.689. The number of nitriles is 1. The first-order chi connectivity index (χ1) is 16.0. The van der Waals surface area contributed by atoms with Crippen molar-refractivity contribution in [2.45, 2.75) is 4.90 Å². The number of hydrogen-bond donors (Lipinski definition) is 0. The summed E-state index contributed by atoms with van der Waals surface area (Å²) in [4.78, 5) is 28.6. The van der Waals surface area contributed by atoms with Crippen LogP contribution in [0.1, 0.15) is 10.4 Å². The zero-order chi connectivity index (χ0) is 25.2. The molecule has 1 heterocycles. The average Bonchev–Trinajstić information content (AvgIpc) is 3.08. The van der Waals surface area contributed by atoms with E-state index in [0.29, 0.717) is 5.82 Å². The van der Waals surface area contributed by atoms with Gasteiger partial charge in [-0.2, -0.15) is 5.26 Å². The predicted octanol–water partition coefficient (Wildman–Crippen LogP) is 1.99. The number of Topliss-reactive ketones (excluding diaryl/α,β-unsaturated/α-hetero) is 1. The van der Waals surface area contributed by atoms with E-state index in [1.807, 2.05) is 30.3 Å². The van der Waals surface area contributed by atoms with Crippen molar-refractivity contribution in [3.8, 4) is 11.8 Å². The summed E-state index contributed by atoms with van der Waals surface area (Å²) < 4.78 is 36.4. The van der Waals surface area contributed by atoms with Crippen LogP contribution < -0.4 is 14.5 Å². The van der Waals surface area contributed by atoms with E-state index in [1.54, 1.807) is 23.9 Å². The van der Waals surface area contributed by atoms with Gasteiger partial charge in [0.25, 0.3) is 0 Å². The molecule has 0 aliphatic carbocycles. The fourth-order valence-electron chi connectivity index (χ4n) is 3.55. The second-order valence-corrected chi connectivity index (χ2v) is 9.69. The van der Waals surface area contributed by atoms with Crippen molar-refractivity contribution >= 4 is 33.2 Å². The van der Waals surface area contributed by atoms with Gasteiger partial charge >= 0.3 is 5.97 Å². The quantitative estimate of drug-likeness (QED) is 0.330. The minimum Gasteiger partial charge on any atom is -0.495 e. The molecular weight excluding hydrogens is 460 g/mol. The number of hydrogen-bond acceptors (Lipinski definition) is 9. The minimum atomic E-state index is -3.90. The summed E-state index contributed by atoms with van der Waals surface area (Å²) in [7, 11) is 3.58. The molecule has 0 fully saturated rings. The molecule has 2 aromatic carbocycles. The summed E-state index contributed by atoms with van der Waals surface area (Å²) >= 11 is 0. The molecule has 0 bridgehead atoms. The van der Waals surface area contributed by atoms with Gasteiger partial charge in [0.2, 0.25) is 15.8 Å². The Labute approximate surface area is 198 Å². The van der Waals surface area contributed by atoms with Gasteiger partial charge in [-0.05, 0) is 30.3 Å². The lowest BCUT2D eigenvalue weighted by molar-refractivity contribution is -0.118. The monoisotopic (exact) mass is 484 g/mol. The van der Waals surface area contributed by atoms with Crippen LogP contribution in [0.15, 0.2) is 58.8 Å². The largest absolute Gasteiger partial charge is 0.495 e. The molecule has 0 atom stereocenters. The van der Waals surface area contributed by atoms with Crippen LogP contribution in [0.4, 0.5) is 11.4 Å². The molecular formula is C23H24N4O6S. The van der Waals surface area contributed by atoms with Gasteiger partial charge in [0.05, 0.1) is 24.0 Å². The second kappa shape index (κ2) is 9.54. The number of benzene rings is 2. The van der Waals surface area contributed by atoms with E-state index < -0.39 is 28.4 Å². The lowest BCUT2D eigenvalue weighted by Gasteiger charge is -2.20. The van der Waals surface area contributed by atoms with Gasteiger partial charge < -0.3 is 19.3 Å². The van der Waals surface area contributed by atoms with Crippen molar-refractivity contribution in [2.24, 2.45) is 0 Å². The van der Waals surface area contributed by atoms with Crippen molar-refractivity contribution in [1.82, 2.24) is 4.31 Å². The number of methoxy groups -OCH3 is 1. The zero-order valence-electron chi connectivity index (χ0n) is 19.4. The van der Waals surface area contributed by atoms with Crippen molar-refractivity contribution in [3.05, 3.63) is 59.4 Å². The van der Waals surface area contributed by atoms with E-state index in [2.05, 4.69) is 0 Å². The van der Waals surface area contributed by atoms with Crippen LogP contribution in [0, 0.1) is 11.3 Å². The number of anilines is 2. The number of carbonyl (C=O) groups excluding carboxylic acids is 2. The number of esters is 1. The van der Waals surface area contributed by atoms with Crippen LogP contribution >= 0.6 is 0 Å². The summed E-state index contributed by atoms with van der Waals surface area (Å²) in [5.74, 6) is -1.17. The molecule has 3 rings (SSSR count). The molecule has 0 amide bonds. The Bertz CT molecular complexity index is 1300. The third-order valence-electron chi connectivity index (χ3n) is 5.35. The zero-order valence-corrected chi connectivity index (χ0v) is 20.2. The van der Waals surface area contributed by atoms with Gasteiger partial charge in [0.15, 0.2) is 6.61 Å². The van der Waals surface area contributed by atoms with Crippen LogP contribution in [0.25, 0.3) is 0 Å². The van der Waals surface area contributed by atoms with Gasteiger partial charge in [0, 0.05) is 28.2 Å². The third kappa shape index (κ3) is 4.33. The minimum absolute atomic E-state index is 0.0599. The van der Waals surface area contributed by atoms with Crippen LogP contribution in [-0.4, -0.2) is 66.4 Å². The molecule has 1 aliphatic rings. The number of nitrogens with zero attached hydrogens (tertiary/aromatic N) is 4. The van der Waals surface area contributed by atoms with E-state index >= 15 is 0 Å². The molecule has 0 unspecified atom stereocenters. The Morgan fingerprint density at radius 3 is 2.15 bits per heavy atom. The van der Waals surface area contributed by atoms with E-state index in [1.165, 1.54) is 33.3 Å². The van der Waals surface area contributed by atoms with Crippen molar-refractivity contribution < 1.29 is 27.5 Å².